The summed E-state index contributed by atoms with van der Waals surface area (Å²) in [7, 11) is 2.93. The third-order valence-electron chi connectivity index (χ3n) is 6.79. The molecule has 1 fully saturated rings. The summed E-state index contributed by atoms with van der Waals surface area (Å²) in [4.78, 5) is 33.9. The number of hydrogen-bond acceptors (Lipinski definition) is 10. The van der Waals surface area contributed by atoms with Crippen molar-refractivity contribution in [2.75, 3.05) is 45.3 Å². The maximum Gasteiger partial charge on any atom is 0.306 e. The van der Waals surface area contributed by atoms with E-state index >= 15 is 0 Å². The monoisotopic (exact) mass is 519 g/mol. The largest absolute Gasteiger partial charge is 0.502 e. The molecule has 11 heteroatoms. The molecule has 0 amide bonds. The number of anilines is 1. The van der Waals surface area contributed by atoms with Gasteiger partial charge in [-0.2, -0.15) is 5.10 Å². The lowest BCUT2D eigenvalue weighted by Gasteiger charge is -2.36. The van der Waals surface area contributed by atoms with Gasteiger partial charge in [-0.15, -0.1) is 0 Å². The number of methoxy groups -OCH3 is 2. The van der Waals surface area contributed by atoms with Crippen molar-refractivity contribution in [2.24, 2.45) is 0 Å². The summed E-state index contributed by atoms with van der Waals surface area (Å²) in [5.41, 5.74) is 1.58. The Morgan fingerprint density at radius 1 is 1.16 bits per heavy atom. The minimum absolute atomic E-state index is 0.00433. The van der Waals surface area contributed by atoms with Crippen molar-refractivity contribution in [3.63, 3.8) is 0 Å². The molecular formula is C27H29N5O6. The Hall–Kier alpha value is -4.38. The average molecular weight is 520 g/mol. The van der Waals surface area contributed by atoms with Crippen molar-refractivity contribution in [3.05, 3.63) is 82.3 Å². The Balaban J connectivity index is 1.38. The SMILES string of the molecule is COC(=O)CC(c1oc(CN2CCN(c3ccc(OC)cc3)CC2)cc(=O)c1O)c1cnn2cccnc12. The number of benzene rings is 1. The van der Waals surface area contributed by atoms with E-state index in [-0.39, 0.29) is 12.2 Å². The third-order valence-corrected chi connectivity index (χ3v) is 6.79. The van der Waals surface area contributed by atoms with Crippen molar-refractivity contribution in [3.8, 4) is 11.5 Å². The first-order valence-electron chi connectivity index (χ1n) is 12.3. The van der Waals surface area contributed by atoms with Crippen LogP contribution >= 0.6 is 0 Å². The number of fused-ring (bicyclic) bond motifs is 1. The van der Waals surface area contributed by atoms with Gasteiger partial charge in [-0.25, -0.2) is 9.50 Å². The fourth-order valence-electron chi connectivity index (χ4n) is 4.73. The summed E-state index contributed by atoms with van der Waals surface area (Å²) in [6.45, 7) is 3.52. The molecule has 0 spiro atoms. The molecule has 1 saturated heterocycles. The Morgan fingerprint density at radius 3 is 2.63 bits per heavy atom. The molecule has 1 aromatic carbocycles. The number of carbonyl (C=O) groups excluding carboxylic acids is 1. The molecule has 0 bridgehead atoms. The number of rotatable bonds is 8. The Labute approximate surface area is 218 Å². The van der Waals surface area contributed by atoms with Crippen LogP contribution in [-0.4, -0.2) is 71.0 Å². The lowest BCUT2D eigenvalue weighted by molar-refractivity contribution is -0.140. The van der Waals surface area contributed by atoms with E-state index in [1.165, 1.54) is 13.2 Å². The topological polar surface area (TPSA) is 123 Å². The Morgan fingerprint density at radius 2 is 1.92 bits per heavy atom. The first-order chi connectivity index (χ1) is 18.5. The number of esters is 1. The highest BCUT2D eigenvalue weighted by Gasteiger charge is 2.30. The van der Waals surface area contributed by atoms with Crippen LogP contribution in [-0.2, 0) is 16.1 Å². The molecule has 1 aliphatic heterocycles. The zero-order valence-corrected chi connectivity index (χ0v) is 21.2. The number of aromatic nitrogens is 3. The lowest BCUT2D eigenvalue weighted by Crippen LogP contribution is -2.46. The van der Waals surface area contributed by atoms with E-state index in [2.05, 4.69) is 19.9 Å². The van der Waals surface area contributed by atoms with Gasteiger partial charge in [0, 0.05) is 55.9 Å². The van der Waals surface area contributed by atoms with Gasteiger partial charge in [0.25, 0.3) is 0 Å². The van der Waals surface area contributed by atoms with Crippen molar-refractivity contribution < 1.29 is 23.8 Å². The average Bonchev–Trinajstić information content (AvgIpc) is 3.38. The van der Waals surface area contributed by atoms with Gasteiger partial charge in [0.1, 0.15) is 11.5 Å². The molecule has 11 nitrogen and oxygen atoms in total. The molecule has 198 valence electrons. The highest BCUT2D eigenvalue weighted by molar-refractivity contribution is 5.72. The molecule has 4 heterocycles. The maximum absolute atomic E-state index is 12.8. The number of ether oxygens (including phenoxy) is 2. The number of piperazine rings is 1. The normalized spacial score (nSPS) is 14.9. The van der Waals surface area contributed by atoms with Crippen molar-refractivity contribution in [1.82, 2.24) is 19.5 Å². The van der Waals surface area contributed by atoms with E-state index < -0.39 is 23.1 Å². The van der Waals surface area contributed by atoms with Gasteiger partial charge in [0.05, 0.1) is 39.3 Å². The summed E-state index contributed by atoms with van der Waals surface area (Å²) in [6, 6.07) is 11.0. The first-order valence-corrected chi connectivity index (χ1v) is 12.3. The highest BCUT2D eigenvalue weighted by Crippen LogP contribution is 2.35. The van der Waals surface area contributed by atoms with Crippen LogP contribution in [0.2, 0.25) is 0 Å². The summed E-state index contributed by atoms with van der Waals surface area (Å²) in [5.74, 6) is -0.657. The second-order valence-electron chi connectivity index (χ2n) is 9.07. The van der Waals surface area contributed by atoms with Crippen LogP contribution in [0.25, 0.3) is 5.65 Å². The molecule has 0 aliphatic carbocycles. The Kier molecular flexibility index (Phi) is 7.27. The maximum atomic E-state index is 12.8. The lowest BCUT2D eigenvalue weighted by atomic mass is 9.94. The van der Waals surface area contributed by atoms with E-state index in [1.807, 2.05) is 24.3 Å². The third kappa shape index (κ3) is 5.18. The molecule has 5 rings (SSSR count). The molecule has 1 N–H and O–H groups in total. The second-order valence-corrected chi connectivity index (χ2v) is 9.07. The summed E-state index contributed by atoms with van der Waals surface area (Å²) < 4.78 is 17.8. The van der Waals surface area contributed by atoms with Gasteiger partial charge in [-0.3, -0.25) is 14.5 Å². The van der Waals surface area contributed by atoms with Crippen LogP contribution in [0.5, 0.6) is 11.5 Å². The van der Waals surface area contributed by atoms with E-state index in [4.69, 9.17) is 13.9 Å². The second kappa shape index (κ2) is 10.9. The van der Waals surface area contributed by atoms with Crippen LogP contribution < -0.4 is 15.1 Å². The molecule has 38 heavy (non-hydrogen) atoms. The summed E-state index contributed by atoms with van der Waals surface area (Å²) in [5, 5.41) is 15.0. The standard InChI is InChI=1S/C27H29N5O6/c1-36-19-6-4-18(5-7-19)31-12-10-30(11-13-31)17-20-14-23(33)25(35)26(38-20)21(15-24(34)37-2)22-16-29-32-9-3-8-28-27(22)32/h3-9,14,16,21,35H,10-13,15,17H2,1-2H3. The molecular weight excluding hydrogens is 490 g/mol. The van der Waals surface area contributed by atoms with Crippen LogP contribution in [0.3, 0.4) is 0 Å². The molecule has 1 aliphatic rings. The van der Waals surface area contributed by atoms with Gasteiger partial charge >= 0.3 is 5.97 Å². The quantitative estimate of drug-likeness (QED) is 0.347. The smallest absolute Gasteiger partial charge is 0.306 e. The van der Waals surface area contributed by atoms with Crippen LogP contribution in [0.15, 0.2) is 64.2 Å². The van der Waals surface area contributed by atoms with Crippen molar-refractivity contribution in [1.29, 1.82) is 0 Å². The highest BCUT2D eigenvalue weighted by atomic mass is 16.5. The van der Waals surface area contributed by atoms with E-state index in [1.54, 1.807) is 36.3 Å². The van der Waals surface area contributed by atoms with E-state index in [0.717, 1.165) is 37.6 Å². The molecule has 0 saturated carbocycles. The van der Waals surface area contributed by atoms with Crippen molar-refractivity contribution in [2.45, 2.75) is 18.9 Å². The zero-order chi connectivity index (χ0) is 26.6. The fourth-order valence-corrected chi connectivity index (χ4v) is 4.73. The fraction of sp³-hybridized carbons (Fsp3) is 0.333. The predicted octanol–water partition coefficient (Wildman–Crippen LogP) is 2.41. The van der Waals surface area contributed by atoms with E-state index in [9.17, 15) is 14.7 Å². The molecule has 3 aromatic heterocycles. The molecule has 1 atom stereocenters. The summed E-state index contributed by atoms with van der Waals surface area (Å²) in [6.07, 6.45) is 4.72. The van der Waals surface area contributed by atoms with Crippen molar-refractivity contribution >= 4 is 17.3 Å². The predicted molar refractivity (Wildman–Crippen MR) is 139 cm³/mol. The number of aromatic hydroxyl groups is 1. The summed E-state index contributed by atoms with van der Waals surface area (Å²) >= 11 is 0. The Bertz CT molecular complexity index is 1470. The van der Waals surface area contributed by atoms with Gasteiger partial charge < -0.3 is 23.9 Å². The minimum Gasteiger partial charge on any atom is -0.502 e. The first kappa shape index (κ1) is 25.3. The molecule has 0 radical (unpaired) electrons. The number of nitrogens with zero attached hydrogens (tertiary/aromatic N) is 5. The minimum atomic E-state index is -0.811. The van der Waals surface area contributed by atoms with Gasteiger partial charge in [0.15, 0.2) is 11.4 Å². The molecule has 4 aromatic rings. The van der Waals surface area contributed by atoms with E-state index in [0.29, 0.717) is 23.5 Å². The zero-order valence-electron chi connectivity index (χ0n) is 21.2. The van der Waals surface area contributed by atoms with Crippen LogP contribution in [0.4, 0.5) is 5.69 Å². The van der Waals surface area contributed by atoms with Gasteiger partial charge in [-0.05, 0) is 30.3 Å². The molecule has 1 unspecified atom stereocenters. The number of hydrogen-bond donors (Lipinski definition) is 1. The van der Waals surface area contributed by atoms with Gasteiger partial charge in [-0.1, -0.05) is 0 Å². The van der Waals surface area contributed by atoms with Crippen LogP contribution in [0.1, 0.15) is 29.4 Å². The number of carbonyl (C=O) groups is 1. The van der Waals surface area contributed by atoms with Gasteiger partial charge in [0.2, 0.25) is 11.2 Å². The van der Waals surface area contributed by atoms with Crippen LogP contribution in [0, 0.1) is 0 Å².